The van der Waals surface area contributed by atoms with E-state index in [0.29, 0.717) is 49.3 Å². The summed E-state index contributed by atoms with van der Waals surface area (Å²) in [6, 6.07) is 6.19. The lowest BCUT2D eigenvalue weighted by molar-refractivity contribution is -0.123. The van der Waals surface area contributed by atoms with Gasteiger partial charge in [-0.3, -0.25) is 9.59 Å². The van der Waals surface area contributed by atoms with Crippen LogP contribution in [0.2, 0.25) is 0 Å². The quantitative estimate of drug-likeness (QED) is 0.158. The minimum Gasteiger partial charge on any atom is -0.497 e. The number of halogens is 1. The van der Waals surface area contributed by atoms with Crippen LogP contribution in [-0.4, -0.2) is 91.7 Å². The fourth-order valence-corrected chi connectivity index (χ4v) is 5.45. The molecule has 0 bridgehead atoms. The number of rotatable bonds is 15. The van der Waals surface area contributed by atoms with Gasteiger partial charge in [0.15, 0.2) is 5.78 Å². The summed E-state index contributed by atoms with van der Waals surface area (Å²) in [4.78, 5) is 57.3. The van der Waals surface area contributed by atoms with E-state index in [-0.39, 0.29) is 24.6 Å². The van der Waals surface area contributed by atoms with Crippen LogP contribution in [0.1, 0.15) is 79.7 Å². The maximum atomic E-state index is 15.4. The largest absolute Gasteiger partial charge is 0.497 e. The SMILES string of the molecule is CCCOC1C=CC(F)=C2C(=O)C(c3ccc(OC)cc3)=CN(CCNC(=O)[C@@H](/C=N/C(=O)OC(C)(C)C)CCCCNC(=O)OC(C)(C)C)C21. The van der Waals surface area contributed by atoms with Crippen molar-refractivity contribution in [1.82, 2.24) is 15.5 Å². The lowest BCUT2D eigenvalue weighted by Crippen LogP contribution is -2.51. The molecule has 2 aliphatic rings. The van der Waals surface area contributed by atoms with Gasteiger partial charge < -0.3 is 34.5 Å². The summed E-state index contributed by atoms with van der Waals surface area (Å²) in [6.07, 6.45) is 6.10. The van der Waals surface area contributed by atoms with Crippen LogP contribution in [0.3, 0.4) is 0 Å². The van der Waals surface area contributed by atoms with Crippen molar-refractivity contribution in [3.63, 3.8) is 0 Å². The number of Topliss-reactive ketones (excluding diaryl/α,β-unsaturated/α-hetero) is 1. The van der Waals surface area contributed by atoms with Crippen LogP contribution in [0.4, 0.5) is 14.0 Å². The van der Waals surface area contributed by atoms with Crippen molar-refractivity contribution in [3.8, 4) is 5.75 Å². The van der Waals surface area contributed by atoms with E-state index in [1.54, 1.807) is 85.2 Å². The predicted molar refractivity (Wildman–Crippen MR) is 193 cm³/mol. The molecule has 0 radical (unpaired) electrons. The number of hydrogen-bond acceptors (Lipinski definition) is 9. The number of methoxy groups -OCH3 is 1. The number of aliphatic imine (C=N–C) groups is 1. The molecular weight excluding hydrogens is 659 g/mol. The summed E-state index contributed by atoms with van der Waals surface area (Å²) in [5.41, 5.74) is -0.481. The van der Waals surface area contributed by atoms with Gasteiger partial charge in [-0.25, -0.2) is 14.0 Å². The highest BCUT2D eigenvalue weighted by Crippen LogP contribution is 2.37. The van der Waals surface area contributed by atoms with Crippen LogP contribution in [0, 0.1) is 5.92 Å². The molecule has 1 heterocycles. The molecule has 280 valence electrons. The fraction of sp³-hybridized carbons (Fsp3) is 0.553. The number of fused-ring (bicyclic) bond motifs is 1. The fourth-order valence-electron chi connectivity index (χ4n) is 5.45. The standard InChI is InChI=1S/C38H53FN4O8/c1-9-22-49-30-18-17-29(39)31-32(30)43(24-28(33(31)44)25-13-15-27(48-8)16-14-25)21-20-40-34(45)26(23-42-36(47)51-38(5,6)7)12-10-11-19-41-35(46)50-37(2,3)4/h13-18,23-24,26,30,32H,9-12,19-22H2,1-8H3,(H,40,45)(H,41,46)/b42-23+/t26-,30?,32?/m1/s1. The van der Waals surface area contributed by atoms with E-state index in [0.717, 1.165) is 6.42 Å². The average Bonchev–Trinajstić information content (AvgIpc) is 3.04. The summed E-state index contributed by atoms with van der Waals surface area (Å²) in [5.74, 6) is -1.60. The van der Waals surface area contributed by atoms with Crippen molar-refractivity contribution < 1.29 is 42.5 Å². The molecule has 3 atom stereocenters. The third kappa shape index (κ3) is 13.0. The van der Waals surface area contributed by atoms with Crippen molar-refractivity contribution >= 4 is 35.7 Å². The normalized spacial score (nSPS) is 18.3. The van der Waals surface area contributed by atoms with Gasteiger partial charge >= 0.3 is 12.2 Å². The zero-order valence-electron chi connectivity index (χ0n) is 31.0. The molecule has 0 spiro atoms. The number of benzene rings is 1. The zero-order valence-corrected chi connectivity index (χ0v) is 31.0. The van der Waals surface area contributed by atoms with Gasteiger partial charge in [0, 0.05) is 44.2 Å². The van der Waals surface area contributed by atoms with Crippen molar-refractivity contribution in [2.75, 3.05) is 33.4 Å². The Morgan fingerprint density at radius 1 is 1.00 bits per heavy atom. The number of nitrogens with one attached hydrogen (secondary N) is 2. The van der Waals surface area contributed by atoms with E-state index in [4.69, 9.17) is 18.9 Å². The Morgan fingerprint density at radius 3 is 2.31 bits per heavy atom. The molecule has 0 saturated heterocycles. The van der Waals surface area contributed by atoms with Crippen LogP contribution in [0.5, 0.6) is 5.75 Å². The first-order valence-electron chi connectivity index (χ1n) is 17.4. The molecule has 0 fully saturated rings. The second-order valence-corrected chi connectivity index (χ2v) is 14.3. The van der Waals surface area contributed by atoms with Crippen LogP contribution < -0.4 is 15.4 Å². The second kappa shape index (κ2) is 18.6. The van der Waals surface area contributed by atoms with Gasteiger partial charge in [-0.1, -0.05) is 31.6 Å². The molecule has 3 amide bonds. The van der Waals surface area contributed by atoms with Crippen molar-refractivity contribution in [2.45, 2.75) is 97.5 Å². The molecule has 13 heteroatoms. The number of amides is 3. The molecule has 3 rings (SSSR count). The van der Waals surface area contributed by atoms with E-state index < -0.39 is 53.1 Å². The van der Waals surface area contributed by atoms with Crippen molar-refractivity contribution in [2.24, 2.45) is 10.9 Å². The Morgan fingerprint density at radius 2 is 1.69 bits per heavy atom. The monoisotopic (exact) mass is 712 g/mol. The highest BCUT2D eigenvalue weighted by atomic mass is 19.1. The summed E-state index contributed by atoms with van der Waals surface area (Å²) in [7, 11) is 1.55. The van der Waals surface area contributed by atoms with Gasteiger partial charge in [0.25, 0.3) is 0 Å². The van der Waals surface area contributed by atoms with E-state index in [9.17, 15) is 19.2 Å². The van der Waals surface area contributed by atoms with Crippen LogP contribution in [-0.2, 0) is 23.8 Å². The highest BCUT2D eigenvalue weighted by Gasteiger charge is 2.41. The molecule has 2 unspecified atom stereocenters. The number of ketones is 1. The summed E-state index contributed by atoms with van der Waals surface area (Å²) in [5, 5.41) is 5.62. The third-order valence-electron chi connectivity index (χ3n) is 7.72. The lowest BCUT2D eigenvalue weighted by atomic mass is 9.83. The Labute approximate surface area is 300 Å². The van der Waals surface area contributed by atoms with E-state index in [2.05, 4.69) is 15.6 Å². The Balaban J connectivity index is 1.77. The average molecular weight is 713 g/mol. The molecule has 2 N–H and O–H groups in total. The summed E-state index contributed by atoms with van der Waals surface area (Å²) < 4.78 is 37.3. The lowest BCUT2D eigenvalue weighted by Gasteiger charge is -2.41. The number of carbonyl (C=O) groups is 4. The van der Waals surface area contributed by atoms with E-state index in [1.165, 1.54) is 12.3 Å². The van der Waals surface area contributed by atoms with Gasteiger partial charge in [0.2, 0.25) is 5.91 Å². The first-order chi connectivity index (χ1) is 24.0. The summed E-state index contributed by atoms with van der Waals surface area (Å²) >= 11 is 0. The minimum absolute atomic E-state index is 0.000564. The first kappa shape index (κ1) is 40.9. The molecule has 51 heavy (non-hydrogen) atoms. The van der Waals surface area contributed by atoms with Crippen LogP contribution in [0.25, 0.3) is 5.57 Å². The Bertz CT molecular complexity index is 1500. The van der Waals surface area contributed by atoms with Gasteiger partial charge in [-0.15, -0.1) is 0 Å². The predicted octanol–water partition coefficient (Wildman–Crippen LogP) is 6.31. The number of nitrogens with zero attached hydrogens (tertiary/aromatic N) is 2. The number of alkyl carbamates (subject to hydrolysis) is 1. The molecule has 1 aliphatic heterocycles. The molecule has 12 nitrogen and oxygen atoms in total. The molecule has 0 aromatic heterocycles. The van der Waals surface area contributed by atoms with Crippen LogP contribution >= 0.6 is 0 Å². The summed E-state index contributed by atoms with van der Waals surface area (Å²) in [6.45, 7) is 13.6. The smallest absolute Gasteiger partial charge is 0.433 e. The molecule has 0 saturated carbocycles. The van der Waals surface area contributed by atoms with Crippen molar-refractivity contribution in [3.05, 3.63) is 59.6 Å². The van der Waals surface area contributed by atoms with Gasteiger partial charge in [0.05, 0.1) is 24.6 Å². The topological polar surface area (TPSA) is 145 Å². The second-order valence-electron chi connectivity index (χ2n) is 14.3. The number of unbranched alkanes of at least 4 members (excludes halogenated alkanes) is 1. The molecule has 1 aliphatic carbocycles. The molecular formula is C38H53FN4O8. The van der Waals surface area contributed by atoms with Gasteiger partial charge in [-0.2, -0.15) is 4.99 Å². The van der Waals surface area contributed by atoms with E-state index >= 15 is 4.39 Å². The third-order valence-corrected chi connectivity index (χ3v) is 7.72. The molecule has 1 aromatic rings. The first-order valence-corrected chi connectivity index (χ1v) is 17.4. The number of ether oxygens (including phenoxy) is 4. The maximum absolute atomic E-state index is 15.4. The Hall–Kier alpha value is -4.52. The van der Waals surface area contributed by atoms with Gasteiger partial charge in [-0.05, 0) is 84.6 Å². The van der Waals surface area contributed by atoms with Crippen LogP contribution in [0.15, 0.2) is 59.0 Å². The minimum atomic E-state index is -0.814. The highest BCUT2D eigenvalue weighted by molar-refractivity contribution is 6.30. The number of carbonyl (C=O) groups excluding carboxylic acids is 4. The van der Waals surface area contributed by atoms with E-state index in [1.807, 2.05) is 11.8 Å². The van der Waals surface area contributed by atoms with Crippen molar-refractivity contribution in [1.29, 1.82) is 0 Å². The van der Waals surface area contributed by atoms with Gasteiger partial charge in [0.1, 0.15) is 28.9 Å². The molecule has 1 aromatic carbocycles. The Kier molecular flexibility index (Phi) is 15.0. The maximum Gasteiger partial charge on any atom is 0.433 e. The number of allylic oxidation sites excluding steroid dienone is 3. The number of hydrogen-bond donors (Lipinski definition) is 2. The zero-order chi connectivity index (χ0) is 37.8.